The second-order valence-corrected chi connectivity index (χ2v) is 8.74. The summed E-state index contributed by atoms with van der Waals surface area (Å²) in [4.78, 5) is 40.9. The van der Waals surface area contributed by atoms with Gasteiger partial charge in [-0.3, -0.25) is 19.3 Å². The highest BCUT2D eigenvalue weighted by atomic mass is 16.2. The van der Waals surface area contributed by atoms with E-state index >= 15 is 0 Å². The van der Waals surface area contributed by atoms with E-state index in [1.54, 1.807) is 24.3 Å². The maximum absolute atomic E-state index is 12.6. The van der Waals surface area contributed by atoms with Gasteiger partial charge in [0.2, 0.25) is 5.91 Å². The summed E-state index contributed by atoms with van der Waals surface area (Å²) in [7, 11) is 2.11. The zero-order chi connectivity index (χ0) is 23.4. The summed E-state index contributed by atoms with van der Waals surface area (Å²) in [5.41, 5.74) is 4.78. The highest BCUT2D eigenvalue weighted by molar-refractivity contribution is 6.39. The summed E-state index contributed by atoms with van der Waals surface area (Å²) in [5.74, 6) is -1.61. The summed E-state index contributed by atoms with van der Waals surface area (Å²) >= 11 is 0. The van der Waals surface area contributed by atoms with Crippen molar-refractivity contribution in [2.45, 2.75) is 32.2 Å². The third-order valence-electron chi connectivity index (χ3n) is 6.30. The van der Waals surface area contributed by atoms with Crippen LogP contribution in [-0.4, -0.2) is 55.8 Å². The molecule has 2 aromatic rings. The number of rotatable bonds is 6. The number of nitrogens with zero attached hydrogens (tertiary/aromatic N) is 2. The Hall–Kier alpha value is -3.39. The molecule has 174 valence electrons. The van der Waals surface area contributed by atoms with Crippen LogP contribution in [0.4, 0.5) is 17.1 Å². The molecule has 2 aliphatic rings. The number of fused-ring (bicyclic) bond motifs is 1. The van der Waals surface area contributed by atoms with Gasteiger partial charge in [-0.1, -0.05) is 18.2 Å². The molecule has 2 aliphatic heterocycles. The first-order valence-corrected chi connectivity index (χ1v) is 11.5. The average molecular weight is 450 g/mol. The number of hydrogen-bond acceptors (Lipinski definition) is 5. The van der Waals surface area contributed by atoms with Crippen LogP contribution in [-0.2, 0) is 20.8 Å². The average Bonchev–Trinajstić information content (AvgIpc) is 3.44. The van der Waals surface area contributed by atoms with Crippen LogP contribution in [0.25, 0.3) is 0 Å². The van der Waals surface area contributed by atoms with Crippen LogP contribution >= 0.6 is 0 Å². The van der Waals surface area contributed by atoms with Crippen molar-refractivity contribution in [3.63, 3.8) is 0 Å². The van der Waals surface area contributed by atoms with Gasteiger partial charge >= 0.3 is 11.8 Å². The normalized spacial score (nSPS) is 16.2. The van der Waals surface area contributed by atoms with Crippen molar-refractivity contribution in [2.75, 3.05) is 48.8 Å². The topological polar surface area (TPSA) is 93.8 Å². The Labute approximate surface area is 194 Å². The summed E-state index contributed by atoms with van der Waals surface area (Å²) in [6.45, 7) is 4.77. The number of carbonyl (C=O) groups is 3. The van der Waals surface area contributed by atoms with E-state index in [9.17, 15) is 14.4 Å². The van der Waals surface area contributed by atoms with Gasteiger partial charge in [-0.2, -0.15) is 0 Å². The quantitative estimate of drug-likeness (QED) is 0.590. The van der Waals surface area contributed by atoms with Gasteiger partial charge in [-0.25, -0.2) is 0 Å². The Morgan fingerprint density at radius 2 is 1.67 bits per heavy atom. The van der Waals surface area contributed by atoms with Gasteiger partial charge in [0.15, 0.2) is 0 Å². The van der Waals surface area contributed by atoms with E-state index in [1.807, 2.05) is 0 Å². The maximum atomic E-state index is 12.6. The fraction of sp³-hybridized carbons (Fsp3) is 0.400. The molecule has 4 rings (SSSR count). The minimum atomic E-state index is -0.731. The van der Waals surface area contributed by atoms with Crippen LogP contribution in [0.2, 0.25) is 0 Å². The molecular weight excluding hydrogens is 418 g/mol. The molecular formula is C25H31N5O3. The van der Waals surface area contributed by atoms with Gasteiger partial charge in [0.25, 0.3) is 0 Å². The molecule has 2 heterocycles. The van der Waals surface area contributed by atoms with Crippen LogP contribution < -0.4 is 20.9 Å². The van der Waals surface area contributed by atoms with Crippen molar-refractivity contribution < 1.29 is 14.4 Å². The third kappa shape index (κ3) is 5.51. The Kier molecular flexibility index (Phi) is 6.93. The molecule has 1 fully saturated rings. The van der Waals surface area contributed by atoms with E-state index < -0.39 is 11.8 Å². The third-order valence-corrected chi connectivity index (χ3v) is 6.30. The molecule has 3 amide bonds. The van der Waals surface area contributed by atoms with Crippen molar-refractivity contribution in [1.82, 2.24) is 10.2 Å². The number of amides is 3. The molecule has 0 unspecified atom stereocenters. The van der Waals surface area contributed by atoms with Gasteiger partial charge in [-0.15, -0.1) is 0 Å². The zero-order valence-electron chi connectivity index (χ0n) is 19.2. The Bertz CT molecular complexity index is 1050. The second kappa shape index (κ2) is 10.0. The predicted molar refractivity (Wildman–Crippen MR) is 129 cm³/mol. The minimum Gasteiger partial charge on any atom is -0.374 e. The number of benzene rings is 2. The lowest BCUT2D eigenvalue weighted by Gasteiger charge is -2.28. The number of anilines is 3. The van der Waals surface area contributed by atoms with Gasteiger partial charge < -0.3 is 20.9 Å². The SMILES string of the molecule is CC(=O)Nc1cccc(NC(=O)C(=O)NC[C@@H](c2ccc3c(c2)CCN3C)N2CCCC2)c1. The van der Waals surface area contributed by atoms with Crippen LogP contribution in [0.3, 0.4) is 0 Å². The van der Waals surface area contributed by atoms with Gasteiger partial charge in [-0.05, 0) is 67.7 Å². The zero-order valence-corrected chi connectivity index (χ0v) is 19.2. The number of likely N-dealkylation sites (N-methyl/N-ethyl adjacent to an activating group) is 1. The maximum Gasteiger partial charge on any atom is 0.313 e. The van der Waals surface area contributed by atoms with E-state index in [0.717, 1.165) is 38.9 Å². The number of carbonyl (C=O) groups excluding carboxylic acids is 3. The van der Waals surface area contributed by atoms with Crippen molar-refractivity contribution >= 4 is 34.8 Å². The Morgan fingerprint density at radius 1 is 0.939 bits per heavy atom. The van der Waals surface area contributed by atoms with E-state index in [-0.39, 0.29) is 11.9 Å². The molecule has 0 aromatic heterocycles. The first kappa shape index (κ1) is 22.8. The second-order valence-electron chi connectivity index (χ2n) is 8.74. The van der Waals surface area contributed by atoms with Crippen LogP contribution in [0.1, 0.15) is 36.9 Å². The van der Waals surface area contributed by atoms with Gasteiger partial charge in [0, 0.05) is 44.1 Å². The monoisotopic (exact) mass is 449 g/mol. The first-order chi connectivity index (χ1) is 15.9. The molecule has 0 spiro atoms. The predicted octanol–water partition coefficient (Wildman–Crippen LogP) is 2.53. The van der Waals surface area contributed by atoms with Gasteiger partial charge in [0.05, 0.1) is 6.04 Å². The fourth-order valence-electron chi connectivity index (χ4n) is 4.64. The summed E-state index contributed by atoms with van der Waals surface area (Å²) in [5, 5.41) is 8.09. The molecule has 0 saturated carbocycles. The largest absolute Gasteiger partial charge is 0.374 e. The van der Waals surface area contributed by atoms with Crippen molar-refractivity contribution in [1.29, 1.82) is 0 Å². The highest BCUT2D eigenvalue weighted by Crippen LogP contribution is 2.32. The van der Waals surface area contributed by atoms with Crippen LogP contribution in [0.15, 0.2) is 42.5 Å². The summed E-state index contributed by atoms with van der Waals surface area (Å²) < 4.78 is 0. The van der Waals surface area contributed by atoms with Crippen molar-refractivity contribution in [3.8, 4) is 0 Å². The lowest BCUT2D eigenvalue weighted by molar-refractivity contribution is -0.136. The molecule has 3 N–H and O–H groups in total. The Morgan fingerprint density at radius 3 is 2.39 bits per heavy atom. The molecule has 0 radical (unpaired) electrons. The van der Waals surface area contributed by atoms with Crippen molar-refractivity contribution in [2.24, 2.45) is 0 Å². The molecule has 1 atom stereocenters. The lowest BCUT2D eigenvalue weighted by Crippen LogP contribution is -2.41. The highest BCUT2D eigenvalue weighted by Gasteiger charge is 2.27. The molecule has 0 aliphatic carbocycles. The molecule has 2 aromatic carbocycles. The molecule has 33 heavy (non-hydrogen) atoms. The minimum absolute atomic E-state index is 0.0311. The smallest absolute Gasteiger partial charge is 0.313 e. The van der Waals surface area contributed by atoms with Crippen molar-refractivity contribution in [3.05, 3.63) is 53.6 Å². The van der Waals surface area contributed by atoms with E-state index in [2.05, 4.69) is 51.0 Å². The fourth-order valence-corrected chi connectivity index (χ4v) is 4.64. The summed E-state index contributed by atoms with van der Waals surface area (Å²) in [6.07, 6.45) is 3.31. The molecule has 1 saturated heterocycles. The van der Waals surface area contributed by atoms with E-state index in [1.165, 1.54) is 23.7 Å². The van der Waals surface area contributed by atoms with E-state index in [0.29, 0.717) is 17.9 Å². The number of nitrogens with one attached hydrogen (secondary N) is 3. The molecule has 8 heteroatoms. The van der Waals surface area contributed by atoms with Crippen LogP contribution in [0.5, 0.6) is 0 Å². The lowest BCUT2D eigenvalue weighted by atomic mass is 10.0. The number of likely N-dealkylation sites (tertiary alicyclic amines) is 1. The van der Waals surface area contributed by atoms with Gasteiger partial charge in [0.1, 0.15) is 0 Å². The molecule has 0 bridgehead atoms. The number of hydrogen-bond donors (Lipinski definition) is 3. The van der Waals surface area contributed by atoms with Crippen LogP contribution in [0, 0.1) is 0 Å². The first-order valence-electron chi connectivity index (χ1n) is 11.5. The standard InChI is InChI=1S/C25H31N5O3/c1-17(31)27-20-6-5-7-21(15-20)28-25(33)24(32)26-16-23(30-11-3-4-12-30)18-8-9-22-19(14-18)10-13-29(22)2/h5-9,14-15,23H,3-4,10-13,16H2,1-2H3,(H,26,32)(H,27,31)(H,28,33)/t23-/m0/s1. The summed E-state index contributed by atoms with van der Waals surface area (Å²) in [6, 6.07) is 13.3. The Balaban J connectivity index is 1.41. The molecule has 8 nitrogen and oxygen atoms in total. The van der Waals surface area contributed by atoms with E-state index in [4.69, 9.17) is 0 Å².